The van der Waals surface area contributed by atoms with Crippen molar-refractivity contribution in [2.75, 3.05) is 19.9 Å². The van der Waals surface area contributed by atoms with Gasteiger partial charge in [0.15, 0.2) is 0 Å². The highest BCUT2D eigenvalue weighted by Gasteiger charge is 2.18. The maximum Gasteiger partial charge on any atom is 0.224 e. The number of rotatable bonds is 10. The molecule has 1 aromatic rings. The normalized spacial score (nSPS) is 10.9. The van der Waals surface area contributed by atoms with Crippen LogP contribution in [0.2, 0.25) is 0 Å². The maximum absolute atomic E-state index is 12.3. The van der Waals surface area contributed by atoms with E-state index < -0.39 is 6.67 Å². The van der Waals surface area contributed by atoms with Gasteiger partial charge in [-0.25, -0.2) is 19.4 Å². The van der Waals surface area contributed by atoms with Gasteiger partial charge in [-0.05, 0) is 20.2 Å². The van der Waals surface area contributed by atoms with Crippen molar-refractivity contribution in [3.63, 3.8) is 0 Å². The number of halogens is 1. The summed E-state index contributed by atoms with van der Waals surface area (Å²) in [5.41, 5.74) is 1.16. The van der Waals surface area contributed by atoms with Gasteiger partial charge in [0.25, 0.3) is 0 Å². The number of carbonyl (C=O) groups excluding carboxylic acids is 1. The molecule has 1 rings (SSSR count). The van der Waals surface area contributed by atoms with Crippen molar-refractivity contribution in [1.82, 2.24) is 14.9 Å². The van der Waals surface area contributed by atoms with Crippen molar-refractivity contribution in [3.8, 4) is 5.88 Å². The van der Waals surface area contributed by atoms with Crippen LogP contribution < -0.4 is 4.74 Å². The summed E-state index contributed by atoms with van der Waals surface area (Å²) in [5.74, 6) is 0.194. The molecule has 24 heavy (non-hydrogen) atoms. The highest BCUT2D eigenvalue weighted by molar-refractivity contribution is 5.75. The molecule has 0 fully saturated rings. The van der Waals surface area contributed by atoms with Gasteiger partial charge in [0.1, 0.15) is 26.2 Å². The fourth-order valence-corrected chi connectivity index (χ4v) is 1.83. The van der Waals surface area contributed by atoms with E-state index in [1.165, 1.54) is 24.3 Å². The van der Waals surface area contributed by atoms with Gasteiger partial charge in [0.05, 0.1) is 17.8 Å². The van der Waals surface area contributed by atoms with Gasteiger partial charge in [-0.2, -0.15) is 0 Å². The number of aliphatic imine (C=N–C) groups is 1. The fraction of sp³-hybridized carbons (Fsp3) is 0.375. The Bertz CT molecular complexity index is 619. The van der Waals surface area contributed by atoms with Gasteiger partial charge in [-0.1, -0.05) is 6.08 Å². The highest BCUT2D eigenvalue weighted by Crippen LogP contribution is 2.19. The smallest absolute Gasteiger partial charge is 0.224 e. The molecule has 0 aromatic carbocycles. The molecule has 0 bridgehead atoms. The average Bonchev–Trinajstić information content (AvgIpc) is 2.59. The number of hydrogen-bond donors (Lipinski definition) is 0. The second-order valence-corrected chi connectivity index (χ2v) is 4.62. The Labute approximate surface area is 140 Å². The van der Waals surface area contributed by atoms with Crippen molar-refractivity contribution in [3.05, 3.63) is 42.3 Å². The lowest BCUT2D eigenvalue weighted by molar-refractivity contribution is -0.127. The molecule has 0 atom stereocenters. The Morgan fingerprint density at radius 3 is 2.88 bits per heavy atom. The van der Waals surface area contributed by atoms with Gasteiger partial charge >= 0.3 is 0 Å². The van der Waals surface area contributed by atoms with Crippen LogP contribution in [-0.4, -0.2) is 47.4 Å². The summed E-state index contributed by atoms with van der Waals surface area (Å²) in [4.78, 5) is 25.0. The first-order valence-electron chi connectivity index (χ1n) is 7.22. The quantitative estimate of drug-likeness (QED) is 0.484. The third-order valence-corrected chi connectivity index (χ3v) is 3.01. The van der Waals surface area contributed by atoms with E-state index in [4.69, 9.17) is 9.47 Å². The lowest BCUT2D eigenvalue weighted by Crippen LogP contribution is -2.30. The van der Waals surface area contributed by atoms with Crippen molar-refractivity contribution in [2.45, 2.75) is 20.4 Å². The highest BCUT2D eigenvalue weighted by atomic mass is 19.1. The minimum Gasteiger partial charge on any atom is -0.475 e. The van der Waals surface area contributed by atoms with Crippen LogP contribution in [-0.2, 0) is 16.1 Å². The summed E-state index contributed by atoms with van der Waals surface area (Å²) in [6, 6.07) is 0. The topological polar surface area (TPSA) is 76.9 Å². The number of alkyl halides is 1. The molecule has 0 aliphatic rings. The summed E-state index contributed by atoms with van der Waals surface area (Å²) >= 11 is 0. The molecule has 0 saturated heterocycles. The molecule has 0 aliphatic heterocycles. The van der Waals surface area contributed by atoms with E-state index >= 15 is 0 Å². The SMILES string of the molecule is C=NC(=C)OCC(=CC)N(Cc1cncnc1OCCF)C(C)=O. The van der Waals surface area contributed by atoms with Crippen molar-refractivity contribution >= 4 is 12.6 Å². The zero-order valence-corrected chi connectivity index (χ0v) is 13.9. The Kier molecular flexibility index (Phi) is 8.10. The van der Waals surface area contributed by atoms with Crippen molar-refractivity contribution in [1.29, 1.82) is 0 Å². The Balaban J connectivity index is 2.95. The molecule has 1 aromatic heterocycles. The monoisotopic (exact) mass is 336 g/mol. The molecular formula is C16H21FN4O3. The lowest BCUT2D eigenvalue weighted by Gasteiger charge is -2.24. The molecule has 0 N–H and O–H groups in total. The summed E-state index contributed by atoms with van der Waals surface area (Å²) in [6.07, 6.45) is 4.56. The Morgan fingerprint density at radius 1 is 1.54 bits per heavy atom. The van der Waals surface area contributed by atoms with Gasteiger partial charge < -0.3 is 14.4 Å². The van der Waals surface area contributed by atoms with Crippen LogP contribution in [0.1, 0.15) is 19.4 Å². The first kappa shape index (κ1) is 19.3. The maximum atomic E-state index is 12.3. The third kappa shape index (κ3) is 5.79. The Hall–Kier alpha value is -2.77. The molecule has 0 unspecified atom stereocenters. The predicted molar refractivity (Wildman–Crippen MR) is 88.1 cm³/mol. The van der Waals surface area contributed by atoms with Crippen molar-refractivity contribution < 1.29 is 18.7 Å². The van der Waals surface area contributed by atoms with E-state index in [0.29, 0.717) is 11.3 Å². The van der Waals surface area contributed by atoms with Gasteiger partial charge in [0.2, 0.25) is 17.7 Å². The second kappa shape index (κ2) is 10.1. The van der Waals surface area contributed by atoms with Crippen LogP contribution in [0, 0.1) is 0 Å². The van der Waals surface area contributed by atoms with E-state index in [2.05, 4.69) is 28.3 Å². The number of amides is 1. The molecule has 8 heteroatoms. The summed E-state index contributed by atoms with van der Waals surface area (Å²) in [5, 5.41) is 0. The summed E-state index contributed by atoms with van der Waals surface area (Å²) in [7, 11) is 0. The first-order chi connectivity index (χ1) is 11.5. The number of hydrogen-bond acceptors (Lipinski definition) is 6. The van der Waals surface area contributed by atoms with Crippen LogP contribution in [0.15, 0.2) is 41.8 Å². The minimum atomic E-state index is -0.634. The van der Waals surface area contributed by atoms with Crippen LogP contribution in [0.25, 0.3) is 0 Å². The number of allylic oxidation sites excluding steroid dienone is 1. The van der Waals surface area contributed by atoms with Crippen LogP contribution in [0.5, 0.6) is 5.88 Å². The molecule has 1 heterocycles. The second-order valence-electron chi connectivity index (χ2n) is 4.62. The molecule has 0 aliphatic carbocycles. The number of carbonyl (C=O) groups is 1. The molecule has 0 radical (unpaired) electrons. The molecule has 0 spiro atoms. The number of nitrogens with zero attached hydrogens (tertiary/aromatic N) is 4. The molecule has 130 valence electrons. The minimum absolute atomic E-state index is 0.0995. The van der Waals surface area contributed by atoms with Gasteiger partial charge in [-0.15, -0.1) is 0 Å². The lowest BCUT2D eigenvalue weighted by atomic mass is 10.2. The summed E-state index contributed by atoms with van der Waals surface area (Å²) < 4.78 is 22.9. The molecule has 1 amide bonds. The largest absolute Gasteiger partial charge is 0.475 e. The molecular weight excluding hydrogens is 315 g/mol. The van der Waals surface area contributed by atoms with Crippen LogP contribution in [0.3, 0.4) is 0 Å². The Morgan fingerprint density at radius 2 is 2.29 bits per heavy atom. The molecule has 7 nitrogen and oxygen atoms in total. The number of ether oxygens (including phenoxy) is 2. The number of aromatic nitrogens is 2. The third-order valence-electron chi connectivity index (χ3n) is 3.01. The summed E-state index contributed by atoms with van der Waals surface area (Å²) in [6.45, 7) is 9.59. The van der Waals surface area contributed by atoms with E-state index in [-0.39, 0.29) is 37.4 Å². The predicted octanol–water partition coefficient (Wildman–Crippen LogP) is 2.27. The van der Waals surface area contributed by atoms with Gasteiger partial charge in [-0.3, -0.25) is 4.79 Å². The van der Waals surface area contributed by atoms with Crippen molar-refractivity contribution in [2.24, 2.45) is 4.99 Å². The van der Waals surface area contributed by atoms with Crippen LogP contribution in [0.4, 0.5) is 4.39 Å². The van der Waals surface area contributed by atoms with Gasteiger partial charge in [0, 0.05) is 13.1 Å². The fourth-order valence-electron chi connectivity index (χ4n) is 1.83. The van der Waals surface area contributed by atoms with E-state index in [0.717, 1.165) is 0 Å². The van der Waals surface area contributed by atoms with E-state index in [9.17, 15) is 9.18 Å². The zero-order valence-electron chi connectivity index (χ0n) is 13.9. The average molecular weight is 336 g/mol. The zero-order chi connectivity index (χ0) is 17.9. The molecule has 0 saturated carbocycles. The first-order valence-corrected chi connectivity index (χ1v) is 7.22. The van der Waals surface area contributed by atoms with E-state index in [1.807, 2.05) is 0 Å². The van der Waals surface area contributed by atoms with Crippen LogP contribution >= 0.6 is 0 Å². The standard InChI is InChI=1S/C16H21FN4O3/c1-5-15(10-24-12(2)18-4)21(13(3)22)9-14-8-19-11-20-16(14)23-7-6-17/h5,8,11H,2,4,6-7,9-10H2,1,3H3. The van der Waals surface area contributed by atoms with E-state index in [1.54, 1.807) is 13.0 Å².